The van der Waals surface area contributed by atoms with Crippen LogP contribution in [0.1, 0.15) is 11.4 Å². The van der Waals surface area contributed by atoms with Gasteiger partial charge < -0.3 is 14.4 Å². The Balaban J connectivity index is 1.48. The zero-order valence-corrected chi connectivity index (χ0v) is 18.5. The number of ether oxygens (including phenoxy) is 2. The van der Waals surface area contributed by atoms with E-state index in [2.05, 4.69) is 14.5 Å². The third-order valence-electron chi connectivity index (χ3n) is 4.68. The van der Waals surface area contributed by atoms with Crippen LogP contribution in [0, 0.1) is 0 Å². The minimum Gasteiger partial charge on any atom is -0.425 e. The van der Waals surface area contributed by atoms with Gasteiger partial charge in [0, 0.05) is 51.7 Å². The van der Waals surface area contributed by atoms with Crippen LogP contribution in [0.5, 0.6) is 11.5 Å². The van der Waals surface area contributed by atoms with Crippen LogP contribution in [-0.2, 0) is 13.0 Å². The third-order valence-corrected chi connectivity index (χ3v) is 5.79. The molecule has 31 heavy (non-hydrogen) atoms. The molecule has 4 rings (SSSR count). The molecular formula is C22H18F2IN3O3. The molecule has 0 radical (unpaired) electrons. The number of alkyl halides is 3. The molecule has 0 spiro atoms. The number of amides is 1. The summed E-state index contributed by atoms with van der Waals surface area (Å²) < 4.78 is 37.1. The summed E-state index contributed by atoms with van der Waals surface area (Å²) in [7, 11) is 0. The van der Waals surface area contributed by atoms with Crippen molar-refractivity contribution in [3.63, 3.8) is 0 Å². The highest BCUT2D eigenvalue weighted by Gasteiger charge is 2.28. The lowest BCUT2D eigenvalue weighted by Crippen LogP contribution is -2.38. The van der Waals surface area contributed by atoms with Crippen LogP contribution in [0.25, 0.3) is 11.1 Å². The second kappa shape index (κ2) is 9.04. The number of rotatable bonds is 7. The van der Waals surface area contributed by atoms with Gasteiger partial charge in [-0.25, -0.2) is 14.8 Å². The fraction of sp³-hybridized carbons (Fsp3) is 0.182. The SMILES string of the molecule is C=IC(F)(F)Oc1ccc(-c2ccc3c(c2)CN(CCc2ncccn2)C(=O)O3)cc1. The van der Waals surface area contributed by atoms with Gasteiger partial charge in [0.15, 0.2) is 0 Å². The number of benzene rings is 2. The molecule has 1 amide bonds. The number of hydrogen-bond donors (Lipinski definition) is 0. The van der Waals surface area contributed by atoms with E-state index in [1.165, 1.54) is 12.1 Å². The number of carbonyl (C=O) groups excluding carboxylic acids is 1. The largest absolute Gasteiger partial charge is 0.445 e. The standard InChI is InChI=1S/C22H18F2IN3O3/c1-25-22(23,24)31-18-6-3-15(4-7-18)16-5-8-19-17(13-16)14-28(21(29)30-19)12-9-20-26-10-2-11-27-20/h2-8,10-11,13H,1,9,12,14H2. The Bertz CT molecular complexity index is 1090. The van der Waals surface area contributed by atoms with E-state index in [1.807, 2.05) is 12.1 Å². The molecule has 0 aliphatic carbocycles. The Morgan fingerprint density at radius 3 is 2.55 bits per heavy atom. The second-order valence-electron chi connectivity index (χ2n) is 6.73. The van der Waals surface area contributed by atoms with Crippen molar-refractivity contribution in [2.75, 3.05) is 6.54 Å². The molecule has 1 aliphatic heterocycles. The highest BCUT2D eigenvalue weighted by atomic mass is 127. The van der Waals surface area contributed by atoms with Gasteiger partial charge in [-0.15, -0.1) is 0 Å². The number of fused-ring (bicyclic) bond motifs is 1. The number of carbonyl (C=O) groups is 1. The van der Waals surface area contributed by atoms with Crippen LogP contribution in [0.2, 0.25) is 0 Å². The zero-order valence-electron chi connectivity index (χ0n) is 16.3. The first-order chi connectivity index (χ1) is 14.9. The number of nitrogens with zero attached hydrogens (tertiary/aromatic N) is 3. The first kappa shape index (κ1) is 21.3. The molecule has 0 bridgehead atoms. The quantitative estimate of drug-likeness (QED) is 0.313. The highest BCUT2D eigenvalue weighted by Crippen LogP contribution is 2.34. The maximum atomic E-state index is 13.4. The molecule has 160 valence electrons. The number of aromatic nitrogens is 2. The molecule has 2 heterocycles. The molecule has 1 aliphatic rings. The molecule has 6 nitrogen and oxygen atoms in total. The van der Waals surface area contributed by atoms with Crippen molar-refractivity contribution in [3.8, 4) is 22.6 Å². The van der Waals surface area contributed by atoms with Crippen molar-refractivity contribution >= 4 is 31.3 Å². The molecule has 1 aromatic heterocycles. The average molecular weight is 537 g/mol. The van der Waals surface area contributed by atoms with E-state index in [1.54, 1.807) is 41.6 Å². The molecule has 0 unspecified atom stereocenters. The van der Waals surface area contributed by atoms with Crippen molar-refractivity contribution in [2.45, 2.75) is 17.1 Å². The molecular weight excluding hydrogens is 519 g/mol. The van der Waals surface area contributed by atoms with Crippen LogP contribution < -0.4 is 9.47 Å². The molecule has 0 saturated heterocycles. The van der Waals surface area contributed by atoms with Gasteiger partial charge in [0.2, 0.25) is 0 Å². The summed E-state index contributed by atoms with van der Waals surface area (Å²) in [6.07, 6.45) is 3.44. The molecule has 3 aromatic rings. The summed E-state index contributed by atoms with van der Waals surface area (Å²) in [6.45, 7) is 0.830. The topological polar surface area (TPSA) is 64.5 Å². The van der Waals surface area contributed by atoms with Crippen LogP contribution in [0.4, 0.5) is 13.6 Å². The summed E-state index contributed by atoms with van der Waals surface area (Å²) in [4.78, 5) is 22.2. The van der Waals surface area contributed by atoms with Crippen molar-refractivity contribution in [1.82, 2.24) is 14.9 Å². The number of hydrogen-bond acceptors (Lipinski definition) is 5. The lowest BCUT2D eigenvalue weighted by molar-refractivity contribution is -0.0693. The van der Waals surface area contributed by atoms with Gasteiger partial charge in [-0.05, 0) is 41.5 Å². The highest BCUT2D eigenvalue weighted by molar-refractivity contribution is 14.2. The molecule has 0 atom stereocenters. The summed E-state index contributed by atoms with van der Waals surface area (Å²) in [6, 6.07) is 13.7. The Hall–Kier alpha value is -2.95. The van der Waals surface area contributed by atoms with Gasteiger partial charge in [0.05, 0.1) is 6.54 Å². The first-order valence-corrected chi connectivity index (χ1v) is 12.0. The monoisotopic (exact) mass is 537 g/mol. The lowest BCUT2D eigenvalue weighted by Gasteiger charge is -2.28. The average Bonchev–Trinajstić information content (AvgIpc) is 2.78. The Morgan fingerprint density at radius 1 is 1.13 bits per heavy atom. The van der Waals surface area contributed by atoms with Crippen LogP contribution in [0.15, 0.2) is 60.9 Å². The smallest absolute Gasteiger partial charge is 0.425 e. The van der Waals surface area contributed by atoms with E-state index >= 15 is 0 Å². The van der Waals surface area contributed by atoms with Crippen LogP contribution in [-0.4, -0.2) is 36.1 Å². The Kier molecular flexibility index (Phi) is 6.21. The fourth-order valence-corrected chi connectivity index (χ4v) is 3.56. The summed E-state index contributed by atoms with van der Waals surface area (Å²) in [5, 5.41) is 0. The fourth-order valence-electron chi connectivity index (χ4n) is 3.15. The predicted molar refractivity (Wildman–Crippen MR) is 121 cm³/mol. The van der Waals surface area contributed by atoms with Gasteiger partial charge in [-0.1, -0.05) is 22.7 Å². The van der Waals surface area contributed by atoms with E-state index in [-0.39, 0.29) is 5.75 Å². The Morgan fingerprint density at radius 2 is 1.84 bits per heavy atom. The molecule has 0 N–H and O–H groups in total. The maximum absolute atomic E-state index is 13.4. The summed E-state index contributed by atoms with van der Waals surface area (Å²) in [5.74, 6) is 1.27. The first-order valence-electron chi connectivity index (χ1n) is 9.36. The normalized spacial score (nSPS) is 13.5. The van der Waals surface area contributed by atoms with E-state index < -0.39 is 30.9 Å². The summed E-state index contributed by atoms with van der Waals surface area (Å²) >= 11 is -1.61. The Labute approximate surface area is 187 Å². The van der Waals surface area contributed by atoms with Crippen molar-refractivity contribution in [3.05, 3.63) is 72.3 Å². The van der Waals surface area contributed by atoms with Gasteiger partial charge in [0.1, 0.15) is 17.3 Å². The zero-order chi connectivity index (χ0) is 21.8. The maximum Gasteiger partial charge on any atom is 0.445 e. The lowest BCUT2D eigenvalue weighted by atomic mass is 10.0. The second-order valence-corrected chi connectivity index (χ2v) is 8.75. The molecule has 2 aromatic carbocycles. The minimum absolute atomic E-state index is 0.0956. The van der Waals surface area contributed by atoms with Crippen molar-refractivity contribution < 1.29 is 23.0 Å². The van der Waals surface area contributed by atoms with Gasteiger partial charge >= 0.3 is 10.2 Å². The molecule has 9 heteroatoms. The van der Waals surface area contributed by atoms with Gasteiger partial charge in [-0.3, -0.25) is 0 Å². The van der Waals surface area contributed by atoms with E-state index in [4.69, 9.17) is 9.47 Å². The third kappa shape index (κ3) is 5.22. The summed E-state index contributed by atoms with van der Waals surface area (Å²) in [5.41, 5.74) is 2.58. The van der Waals surface area contributed by atoms with Gasteiger partial charge in [-0.2, -0.15) is 8.78 Å². The van der Waals surface area contributed by atoms with Crippen LogP contribution >= 0.6 is 20.7 Å². The van der Waals surface area contributed by atoms with Crippen molar-refractivity contribution in [2.24, 2.45) is 0 Å². The minimum atomic E-state index is -3.19. The number of halogens is 3. The van der Waals surface area contributed by atoms with E-state index in [0.29, 0.717) is 31.1 Å². The predicted octanol–water partition coefficient (Wildman–Crippen LogP) is 5.03. The van der Waals surface area contributed by atoms with Gasteiger partial charge in [0.25, 0.3) is 0 Å². The van der Waals surface area contributed by atoms with Crippen LogP contribution in [0.3, 0.4) is 0 Å². The molecule has 0 fully saturated rings. The van der Waals surface area contributed by atoms with E-state index in [9.17, 15) is 13.6 Å². The molecule has 0 saturated carbocycles. The van der Waals surface area contributed by atoms with E-state index in [0.717, 1.165) is 16.7 Å². The van der Waals surface area contributed by atoms with Crippen molar-refractivity contribution in [1.29, 1.82) is 0 Å².